The average molecular weight is 319 g/mol. The zero-order valence-corrected chi connectivity index (χ0v) is 12.8. The number of esters is 1. The lowest BCUT2D eigenvalue weighted by Gasteiger charge is -2.10. The Morgan fingerprint density at radius 2 is 1.96 bits per heavy atom. The molecule has 1 aromatic carbocycles. The molecule has 0 spiro atoms. The second-order valence-electron chi connectivity index (χ2n) is 4.47. The van der Waals surface area contributed by atoms with E-state index >= 15 is 0 Å². The third kappa shape index (κ3) is 6.20. The highest BCUT2D eigenvalue weighted by Crippen LogP contribution is 2.16. The van der Waals surface area contributed by atoms with Gasteiger partial charge in [0.1, 0.15) is 24.0 Å². The average Bonchev–Trinajstić information content (AvgIpc) is 2.54. The molecular formula is C16H17NO6. The van der Waals surface area contributed by atoms with E-state index in [1.54, 1.807) is 30.3 Å². The van der Waals surface area contributed by atoms with E-state index in [0.29, 0.717) is 11.3 Å². The number of nitriles is 1. The first kappa shape index (κ1) is 18.2. The molecule has 1 rings (SSSR count). The van der Waals surface area contributed by atoms with Gasteiger partial charge < -0.3 is 19.3 Å². The van der Waals surface area contributed by atoms with E-state index in [1.807, 2.05) is 0 Å². The Morgan fingerprint density at radius 1 is 1.30 bits per heavy atom. The first-order valence-electron chi connectivity index (χ1n) is 6.75. The van der Waals surface area contributed by atoms with Crippen molar-refractivity contribution in [2.24, 2.45) is 0 Å². The van der Waals surface area contributed by atoms with Gasteiger partial charge >= 0.3 is 11.9 Å². The molecular weight excluding hydrogens is 302 g/mol. The summed E-state index contributed by atoms with van der Waals surface area (Å²) in [5, 5.41) is 17.8. The van der Waals surface area contributed by atoms with E-state index in [4.69, 9.17) is 24.6 Å². The minimum Gasteiger partial charge on any atom is -0.479 e. The van der Waals surface area contributed by atoms with Gasteiger partial charge in [-0.25, -0.2) is 9.59 Å². The summed E-state index contributed by atoms with van der Waals surface area (Å²) in [5.74, 6) is -1.43. The molecule has 0 aromatic heterocycles. The van der Waals surface area contributed by atoms with Crippen molar-refractivity contribution in [2.75, 3.05) is 20.3 Å². The highest BCUT2D eigenvalue weighted by molar-refractivity contribution is 5.97. The Kier molecular flexibility index (Phi) is 7.30. The van der Waals surface area contributed by atoms with Crippen LogP contribution in [0.3, 0.4) is 0 Å². The highest BCUT2D eigenvalue weighted by Gasteiger charge is 2.13. The molecule has 0 unspecified atom stereocenters. The number of aliphatic carboxylic acids is 1. The number of carbonyl (C=O) groups excluding carboxylic acids is 1. The van der Waals surface area contributed by atoms with Crippen molar-refractivity contribution in [3.8, 4) is 11.8 Å². The van der Waals surface area contributed by atoms with Gasteiger partial charge in [0, 0.05) is 7.11 Å². The molecule has 7 heteroatoms. The highest BCUT2D eigenvalue weighted by atomic mass is 16.6. The second-order valence-corrected chi connectivity index (χ2v) is 4.47. The summed E-state index contributed by atoms with van der Waals surface area (Å²) in [6.07, 6.45) is 0.404. The molecule has 23 heavy (non-hydrogen) atoms. The molecule has 0 aliphatic carbocycles. The second kappa shape index (κ2) is 9.23. The Morgan fingerprint density at radius 3 is 2.48 bits per heavy atom. The molecule has 122 valence electrons. The van der Waals surface area contributed by atoms with Crippen molar-refractivity contribution in [1.82, 2.24) is 0 Å². The number of benzene rings is 1. The van der Waals surface area contributed by atoms with Crippen molar-refractivity contribution in [2.45, 2.75) is 13.0 Å². The fourth-order valence-electron chi connectivity index (χ4n) is 1.50. The van der Waals surface area contributed by atoms with Crippen LogP contribution in [0, 0.1) is 11.3 Å². The summed E-state index contributed by atoms with van der Waals surface area (Å²) in [7, 11) is 1.48. The lowest BCUT2D eigenvalue weighted by molar-refractivity contribution is -0.144. The number of hydrogen-bond donors (Lipinski definition) is 1. The largest absolute Gasteiger partial charge is 0.479 e. The summed E-state index contributed by atoms with van der Waals surface area (Å²) >= 11 is 0. The van der Waals surface area contributed by atoms with Crippen molar-refractivity contribution >= 4 is 18.0 Å². The van der Waals surface area contributed by atoms with Crippen LogP contribution in [0.2, 0.25) is 0 Å². The third-order valence-electron chi connectivity index (χ3n) is 2.71. The van der Waals surface area contributed by atoms with E-state index in [9.17, 15) is 9.59 Å². The number of rotatable bonds is 8. The monoisotopic (exact) mass is 319 g/mol. The van der Waals surface area contributed by atoms with Gasteiger partial charge in [0.25, 0.3) is 0 Å². The van der Waals surface area contributed by atoms with Gasteiger partial charge in [0.05, 0.1) is 6.61 Å². The maximum Gasteiger partial charge on any atom is 0.348 e. The molecule has 0 saturated carbocycles. The third-order valence-corrected chi connectivity index (χ3v) is 2.71. The normalized spacial score (nSPS) is 12.1. The predicted octanol–water partition coefficient (Wildman–Crippen LogP) is 1.64. The van der Waals surface area contributed by atoms with Gasteiger partial charge in [-0.15, -0.1) is 0 Å². The van der Waals surface area contributed by atoms with Gasteiger partial charge in [-0.3, -0.25) is 0 Å². The van der Waals surface area contributed by atoms with Crippen LogP contribution in [0.1, 0.15) is 12.5 Å². The van der Waals surface area contributed by atoms with E-state index in [-0.39, 0.29) is 18.8 Å². The zero-order valence-electron chi connectivity index (χ0n) is 12.8. The van der Waals surface area contributed by atoms with Crippen molar-refractivity contribution < 1.29 is 28.9 Å². The summed E-state index contributed by atoms with van der Waals surface area (Å²) in [6.45, 7) is 1.73. The number of ether oxygens (including phenoxy) is 3. The van der Waals surface area contributed by atoms with E-state index in [2.05, 4.69) is 0 Å². The van der Waals surface area contributed by atoms with Gasteiger partial charge in [-0.2, -0.15) is 5.26 Å². The Balaban J connectivity index is 2.76. The Bertz CT molecular complexity index is 614. The van der Waals surface area contributed by atoms with Crippen LogP contribution < -0.4 is 4.74 Å². The van der Waals surface area contributed by atoms with Crippen LogP contribution in [0.25, 0.3) is 6.08 Å². The molecule has 7 nitrogen and oxygen atoms in total. The topological polar surface area (TPSA) is 106 Å². The molecule has 0 heterocycles. The number of nitrogens with zero attached hydrogens (tertiary/aromatic N) is 1. The van der Waals surface area contributed by atoms with Gasteiger partial charge in [0.15, 0.2) is 6.10 Å². The predicted molar refractivity (Wildman–Crippen MR) is 80.6 cm³/mol. The van der Waals surface area contributed by atoms with E-state index < -0.39 is 18.0 Å². The first-order chi connectivity index (χ1) is 11.0. The molecule has 0 radical (unpaired) electrons. The van der Waals surface area contributed by atoms with Gasteiger partial charge in [-0.1, -0.05) is 12.1 Å². The lowest BCUT2D eigenvalue weighted by Crippen LogP contribution is -2.22. The van der Waals surface area contributed by atoms with E-state index in [0.717, 1.165) is 0 Å². The first-order valence-corrected chi connectivity index (χ1v) is 6.75. The maximum atomic E-state index is 11.7. The number of methoxy groups -OCH3 is 1. The molecule has 0 aliphatic heterocycles. The molecule has 0 amide bonds. The molecule has 1 atom stereocenters. The number of carboxylic acids is 1. The number of carboxylic acid groups (broad SMARTS) is 1. The van der Waals surface area contributed by atoms with Crippen molar-refractivity contribution in [1.29, 1.82) is 5.26 Å². The molecule has 0 fully saturated rings. The van der Waals surface area contributed by atoms with Crippen molar-refractivity contribution in [3.05, 3.63) is 35.4 Å². The zero-order chi connectivity index (χ0) is 17.2. The minimum atomic E-state index is -1.07. The van der Waals surface area contributed by atoms with Crippen LogP contribution in [-0.4, -0.2) is 43.5 Å². The maximum absolute atomic E-state index is 11.7. The fraction of sp³-hybridized carbons (Fsp3) is 0.312. The lowest BCUT2D eigenvalue weighted by atomic mass is 10.1. The summed E-state index contributed by atoms with van der Waals surface area (Å²) in [6, 6.07) is 8.08. The van der Waals surface area contributed by atoms with Crippen molar-refractivity contribution in [3.63, 3.8) is 0 Å². The van der Waals surface area contributed by atoms with Crippen LogP contribution in [0.4, 0.5) is 0 Å². The SMILES string of the molecule is COCCOC(=O)/C(C#N)=C\c1ccc(O[C@@H](C)C(=O)O)cc1. The number of hydrogen-bond acceptors (Lipinski definition) is 6. The standard InChI is InChI=1S/C16H17NO6/c1-11(15(18)19)23-14-5-3-12(4-6-14)9-13(10-17)16(20)22-8-7-21-2/h3-6,9,11H,7-8H2,1-2H3,(H,18,19)/b13-9-/t11-/m0/s1. The molecule has 0 bridgehead atoms. The smallest absolute Gasteiger partial charge is 0.348 e. The summed E-state index contributed by atoms with van der Waals surface area (Å²) in [4.78, 5) is 22.4. The Labute approximate surface area is 133 Å². The van der Waals surface area contributed by atoms with Gasteiger partial charge in [-0.05, 0) is 30.7 Å². The van der Waals surface area contributed by atoms with Crippen LogP contribution in [0.5, 0.6) is 5.75 Å². The molecule has 0 saturated heterocycles. The molecule has 1 aromatic rings. The van der Waals surface area contributed by atoms with Crippen LogP contribution >= 0.6 is 0 Å². The summed E-state index contributed by atoms with van der Waals surface area (Å²) < 4.78 is 14.8. The fourth-order valence-corrected chi connectivity index (χ4v) is 1.50. The molecule has 1 N–H and O–H groups in total. The van der Waals surface area contributed by atoms with Crippen LogP contribution in [-0.2, 0) is 19.1 Å². The molecule has 0 aliphatic rings. The summed E-state index contributed by atoms with van der Waals surface area (Å²) in [5.41, 5.74) is 0.439. The quantitative estimate of drug-likeness (QED) is 0.336. The Hall–Kier alpha value is -2.85. The number of carbonyl (C=O) groups is 2. The van der Waals surface area contributed by atoms with E-state index in [1.165, 1.54) is 20.1 Å². The van der Waals surface area contributed by atoms with Crippen LogP contribution in [0.15, 0.2) is 29.8 Å². The van der Waals surface area contributed by atoms with Gasteiger partial charge in [0.2, 0.25) is 0 Å². The minimum absolute atomic E-state index is 0.0637.